The summed E-state index contributed by atoms with van der Waals surface area (Å²) in [5.41, 5.74) is 4.41. The SMILES string of the molecule is CN(C)CC1(C(=O)N[C@H](C(=O)N2CC(O)CC2C(N)=O)C(C)(C)C)CC1. The number of carbonyl (C=O) groups is 3. The summed E-state index contributed by atoms with van der Waals surface area (Å²) in [6.07, 6.45) is 0.954. The van der Waals surface area contributed by atoms with Crippen molar-refractivity contribution < 1.29 is 19.5 Å². The number of hydrogen-bond acceptors (Lipinski definition) is 5. The molecular formula is C18H32N4O4. The highest BCUT2D eigenvalue weighted by Crippen LogP contribution is 2.46. The van der Waals surface area contributed by atoms with Crippen LogP contribution >= 0.6 is 0 Å². The molecule has 148 valence electrons. The van der Waals surface area contributed by atoms with Gasteiger partial charge in [0, 0.05) is 19.5 Å². The molecule has 1 aliphatic carbocycles. The molecule has 2 aliphatic rings. The van der Waals surface area contributed by atoms with E-state index < -0.39 is 34.9 Å². The third-order valence-corrected chi connectivity index (χ3v) is 5.23. The lowest BCUT2D eigenvalue weighted by atomic mass is 9.85. The highest BCUT2D eigenvalue weighted by Gasteiger charge is 2.52. The highest BCUT2D eigenvalue weighted by molar-refractivity contribution is 5.94. The number of aliphatic hydroxyl groups excluding tert-OH is 1. The van der Waals surface area contributed by atoms with Crippen LogP contribution in [0.2, 0.25) is 0 Å². The summed E-state index contributed by atoms with van der Waals surface area (Å²) in [6.45, 7) is 6.29. The van der Waals surface area contributed by atoms with Crippen LogP contribution in [0.25, 0.3) is 0 Å². The van der Waals surface area contributed by atoms with Crippen molar-refractivity contribution in [2.24, 2.45) is 16.6 Å². The molecule has 0 aromatic heterocycles. The Hall–Kier alpha value is -1.67. The Morgan fingerprint density at radius 3 is 2.31 bits per heavy atom. The van der Waals surface area contributed by atoms with Crippen LogP contribution in [0, 0.1) is 10.8 Å². The Morgan fingerprint density at radius 1 is 1.31 bits per heavy atom. The number of β-amino-alcohol motifs (C(OH)–C–C–N with tert-alkyl or cyclic N) is 1. The van der Waals surface area contributed by atoms with Crippen molar-refractivity contribution in [2.45, 2.75) is 58.2 Å². The van der Waals surface area contributed by atoms with Gasteiger partial charge in [0.05, 0.1) is 11.5 Å². The fourth-order valence-electron chi connectivity index (χ4n) is 3.64. The van der Waals surface area contributed by atoms with E-state index in [0.717, 1.165) is 12.8 Å². The van der Waals surface area contributed by atoms with Crippen molar-refractivity contribution in [1.82, 2.24) is 15.1 Å². The van der Waals surface area contributed by atoms with E-state index in [1.807, 2.05) is 39.8 Å². The van der Waals surface area contributed by atoms with Gasteiger partial charge in [-0.3, -0.25) is 14.4 Å². The molecule has 26 heavy (non-hydrogen) atoms. The van der Waals surface area contributed by atoms with E-state index in [1.165, 1.54) is 4.90 Å². The summed E-state index contributed by atoms with van der Waals surface area (Å²) in [4.78, 5) is 41.0. The predicted molar refractivity (Wildman–Crippen MR) is 96.9 cm³/mol. The van der Waals surface area contributed by atoms with Crippen molar-refractivity contribution in [3.63, 3.8) is 0 Å². The van der Waals surface area contributed by atoms with Gasteiger partial charge in [-0.1, -0.05) is 20.8 Å². The zero-order valence-electron chi connectivity index (χ0n) is 16.4. The predicted octanol–water partition coefficient (Wildman–Crippen LogP) is -0.694. The first-order valence-corrected chi connectivity index (χ1v) is 9.11. The van der Waals surface area contributed by atoms with Crippen LogP contribution in [0.15, 0.2) is 0 Å². The zero-order valence-corrected chi connectivity index (χ0v) is 16.4. The van der Waals surface area contributed by atoms with Crippen LogP contribution < -0.4 is 11.1 Å². The molecule has 2 fully saturated rings. The van der Waals surface area contributed by atoms with Crippen molar-refractivity contribution >= 4 is 17.7 Å². The smallest absolute Gasteiger partial charge is 0.246 e. The van der Waals surface area contributed by atoms with Gasteiger partial charge in [-0.05, 0) is 32.4 Å². The Balaban J connectivity index is 2.19. The third kappa shape index (κ3) is 4.35. The quantitative estimate of drug-likeness (QED) is 0.574. The van der Waals surface area contributed by atoms with E-state index in [-0.39, 0.29) is 24.8 Å². The lowest BCUT2D eigenvalue weighted by molar-refractivity contribution is -0.144. The van der Waals surface area contributed by atoms with Crippen molar-refractivity contribution in [2.75, 3.05) is 27.2 Å². The number of nitrogens with one attached hydrogen (secondary N) is 1. The molecule has 0 aromatic rings. The molecule has 3 atom stereocenters. The number of nitrogens with two attached hydrogens (primary N) is 1. The van der Waals surface area contributed by atoms with Gasteiger partial charge >= 0.3 is 0 Å². The van der Waals surface area contributed by atoms with Crippen LogP contribution in [0.1, 0.15) is 40.0 Å². The second-order valence-corrected chi connectivity index (χ2v) is 9.09. The maximum atomic E-state index is 13.1. The molecule has 0 bridgehead atoms. The molecule has 2 rings (SSSR count). The van der Waals surface area contributed by atoms with Gasteiger partial charge in [-0.15, -0.1) is 0 Å². The van der Waals surface area contributed by atoms with E-state index in [0.29, 0.717) is 6.54 Å². The number of primary amides is 1. The van der Waals surface area contributed by atoms with Crippen molar-refractivity contribution in [3.8, 4) is 0 Å². The standard InChI is InChI=1S/C18H32N4O4/c1-17(2,3)13(20-16(26)18(6-7-18)10-21(4)5)15(25)22-9-11(23)8-12(22)14(19)24/h11-13,23H,6-10H2,1-5H3,(H2,19,24)(H,20,26)/t11?,12?,13-/m1/s1. The molecule has 1 heterocycles. The molecule has 2 unspecified atom stereocenters. The number of rotatable bonds is 6. The summed E-state index contributed by atoms with van der Waals surface area (Å²) in [7, 11) is 3.84. The van der Waals surface area contributed by atoms with E-state index in [1.54, 1.807) is 0 Å². The third-order valence-electron chi connectivity index (χ3n) is 5.23. The fourth-order valence-corrected chi connectivity index (χ4v) is 3.64. The van der Waals surface area contributed by atoms with Crippen molar-refractivity contribution in [3.05, 3.63) is 0 Å². The van der Waals surface area contributed by atoms with E-state index in [9.17, 15) is 19.5 Å². The van der Waals surface area contributed by atoms with Crippen LogP contribution in [0.4, 0.5) is 0 Å². The normalized spacial score (nSPS) is 25.9. The van der Waals surface area contributed by atoms with Crippen LogP contribution in [-0.2, 0) is 14.4 Å². The van der Waals surface area contributed by atoms with E-state index in [2.05, 4.69) is 5.32 Å². The van der Waals surface area contributed by atoms with Crippen LogP contribution in [-0.4, -0.2) is 78.0 Å². The van der Waals surface area contributed by atoms with Crippen LogP contribution in [0.3, 0.4) is 0 Å². The molecular weight excluding hydrogens is 336 g/mol. The number of nitrogens with zero attached hydrogens (tertiary/aromatic N) is 2. The van der Waals surface area contributed by atoms with E-state index in [4.69, 9.17) is 5.73 Å². The average molecular weight is 368 g/mol. The van der Waals surface area contributed by atoms with Gasteiger partial charge < -0.3 is 26.0 Å². The molecule has 0 radical (unpaired) electrons. The van der Waals surface area contributed by atoms with E-state index >= 15 is 0 Å². The second-order valence-electron chi connectivity index (χ2n) is 9.09. The Labute approximate surface area is 155 Å². The fraction of sp³-hybridized carbons (Fsp3) is 0.833. The average Bonchev–Trinajstić information content (AvgIpc) is 3.15. The summed E-state index contributed by atoms with van der Waals surface area (Å²) in [5, 5.41) is 12.8. The molecule has 0 aromatic carbocycles. The second kappa shape index (κ2) is 7.15. The topological polar surface area (TPSA) is 116 Å². The largest absolute Gasteiger partial charge is 0.391 e. The number of likely N-dealkylation sites (tertiary alicyclic amines) is 1. The molecule has 0 spiro atoms. The minimum atomic E-state index is -0.837. The number of aliphatic hydroxyl groups is 1. The van der Waals surface area contributed by atoms with Gasteiger partial charge in [0.2, 0.25) is 17.7 Å². The molecule has 4 N–H and O–H groups in total. The molecule has 1 saturated carbocycles. The lowest BCUT2D eigenvalue weighted by Crippen LogP contribution is -2.58. The summed E-state index contributed by atoms with van der Waals surface area (Å²) in [5.74, 6) is -1.14. The molecule has 1 aliphatic heterocycles. The van der Waals surface area contributed by atoms with Gasteiger partial charge in [-0.2, -0.15) is 0 Å². The number of amides is 3. The monoisotopic (exact) mass is 368 g/mol. The first-order valence-electron chi connectivity index (χ1n) is 9.11. The minimum absolute atomic E-state index is 0.0533. The summed E-state index contributed by atoms with van der Waals surface area (Å²) >= 11 is 0. The Bertz CT molecular complexity index is 580. The van der Waals surface area contributed by atoms with Crippen LogP contribution in [0.5, 0.6) is 0 Å². The van der Waals surface area contributed by atoms with Gasteiger partial charge in [0.1, 0.15) is 12.1 Å². The Morgan fingerprint density at radius 2 is 1.88 bits per heavy atom. The summed E-state index contributed by atoms with van der Waals surface area (Å²) < 4.78 is 0. The van der Waals surface area contributed by atoms with Gasteiger partial charge in [-0.25, -0.2) is 0 Å². The van der Waals surface area contributed by atoms with Gasteiger partial charge in [0.15, 0.2) is 0 Å². The molecule has 3 amide bonds. The number of hydrogen-bond donors (Lipinski definition) is 3. The lowest BCUT2D eigenvalue weighted by Gasteiger charge is -2.36. The number of carbonyl (C=O) groups excluding carboxylic acids is 3. The van der Waals surface area contributed by atoms with Gasteiger partial charge in [0.25, 0.3) is 0 Å². The summed E-state index contributed by atoms with van der Waals surface area (Å²) in [6, 6.07) is -1.63. The molecule has 8 nitrogen and oxygen atoms in total. The Kier molecular flexibility index (Phi) is 5.68. The molecule has 8 heteroatoms. The highest BCUT2D eigenvalue weighted by atomic mass is 16.3. The first-order chi connectivity index (χ1) is 11.9. The first kappa shape index (κ1) is 20.6. The van der Waals surface area contributed by atoms with Crippen molar-refractivity contribution in [1.29, 1.82) is 0 Å². The minimum Gasteiger partial charge on any atom is -0.391 e. The molecule has 1 saturated heterocycles. The maximum Gasteiger partial charge on any atom is 0.246 e. The zero-order chi connectivity index (χ0) is 19.9. The maximum absolute atomic E-state index is 13.1.